The number of hydrogen-bond donors (Lipinski definition) is 0. The molecule has 3 nitrogen and oxygen atoms in total. The van der Waals surface area contributed by atoms with Gasteiger partial charge in [-0.05, 0) is 76.3 Å². The predicted octanol–water partition coefficient (Wildman–Crippen LogP) is 3.89. The molecule has 1 aliphatic rings. The fourth-order valence-corrected chi connectivity index (χ4v) is 3.70. The molecule has 19 heavy (non-hydrogen) atoms. The highest BCUT2D eigenvalue weighted by molar-refractivity contribution is 9.11. The topological polar surface area (TPSA) is 29.5 Å². The highest BCUT2D eigenvalue weighted by Gasteiger charge is 2.12. The minimum Gasteiger partial charge on any atom is -0.491 e. The first-order valence-electron chi connectivity index (χ1n) is 6.50. The largest absolute Gasteiger partial charge is 0.491 e. The van der Waals surface area contributed by atoms with E-state index in [1.165, 1.54) is 25.9 Å². The summed E-state index contributed by atoms with van der Waals surface area (Å²) in [5, 5.41) is 0. The van der Waals surface area contributed by atoms with Crippen LogP contribution in [0.15, 0.2) is 21.1 Å². The second-order valence-electron chi connectivity index (χ2n) is 4.68. The SMILES string of the molecule is O=Cc1cc(Br)c(OCCCN2CCCC2)c(Br)c1. The molecule has 0 radical (unpaired) electrons. The van der Waals surface area contributed by atoms with Crippen molar-refractivity contribution >= 4 is 38.1 Å². The molecule has 1 aromatic carbocycles. The van der Waals surface area contributed by atoms with Gasteiger partial charge in [-0.25, -0.2) is 0 Å². The van der Waals surface area contributed by atoms with Crippen LogP contribution in [0.25, 0.3) is 0 Å². The van der Waals surface area contributed by atoms with Gasteiger partial charge in [0.15, 0.2) is 0 Å². The van der Waals surface area contributed by atoms with Crippen LogP contribution in [-0.2, 0) is 0 Å². The van der Waals surface area contributed by atoms with Crippen LogP contribution in [0, 0.1) is 0 Å². The van der Waals surface area contributed by atoms with Crippen molar-refractivity contribution in [3.8, 4) is 5.75 Å². The Morgan fingerprint density at radius 2 is 1.84 bits per heavy atom. The average Bonchev–Trinajstić information content (AvgIpc) is 2.89. The maximum Gasteiger partial charge on any atom is 0.150 e. The normalized spacial score (nSPS) is 15.7. The molecule has 1 aromatic rings. The van der Waals surface area contributed by atoms with Gasteiger partial charge in [-0.3, -0.25) is 4.79 Å². The molecule has 0 N–H and O–H groups in total. The molecule has 1 fully saturated rings. The Morgan fingerprint density at radius 1 is 1.21 bits per heavy atom. The fraction of sp³-hybridized carbons (Fsp3) is 0.500. The van der Waals surface area contributed by atoms with Gasteiger partial charge in [0.25, 0.3) is 0 Å². The highest BCUT2D eigenvalue weighted by Crippen LogP contribution is 2.34. The molecule has 0 bridgehead atoms. The zero-order chi connectivity index (χ0) is 13.7. The zero-order valence-electron chi connectivity index (χ0n) is 10.7. The summed E-state index contributed by atoms with van der Waals surface area (Å²) in [6, 6.07) is 3.54. The Balaban J connectivity index is 1.83. The summed E-state index contributed by atoms with van der Waals surface area (Å²) in [6.45, 7) is 4.23. The minimum atomic E-state index is 0.628. The third-order valence-corrected chi connectivity index (χ3v) is 4.40. The molecule has 2 rings (SSSR count). The molecule has 0 unspecified atom stereocenters. The second kappa shape index (κ2) is 7.41. The standard InChI is InChI=1S/C14H17Br2NO2/c15-12-8-11(10-18)9-13(16)14(12)19-7-3-6-17-4-1-2-5-17/h8-10H,1-7H2. The highest BCUT2D eigenvalue weighted by atomic mass is 79.9. The van der Waals surface area contributed by atoms with E-state index in [-0.39, 0.29) is 0 Å². The number of benzene rings is 1. The van der Waals surface area contributed by atoms with Crippen molar-refractivity contribution in [2.45, 2.75) is 19.3 Å². The molecule has 0 aliphatic carbocycles. The van der Waals surface area contributed by atoms with Crippen LogP contribution < -0.4 is 4.74 Å². The molecule has 0 atom stereocenters. The van der Waals surface area contributed by atoms with E-state index >= 15 is 0 Å². The number of carbonyl (C=O) groups is 1. The van der Waals surface area contributed by atoms with E-state index in [4.69, 9.17) is 4.74 Å². The molecule has 1 heterocycles. The summed E-state index contributed by atoms with van der Waals surface area (Å²) in [7, 11) is 0. The molecule has 104 valence electrons. The van der Waals surface area contributed by atoms with E-state index < -0.39 is 0 Å². The number of rotatable bonds is 6. The smallest absolute Gasteiger partial charge is 0.150 e. The molecule has 0 saturated carbocycles. The first-order valence-corrected chi connectivity index (χ1v) is 8.08. The third-order valence-electron chi connectivity index (χ3n) is 3.22. The third kappa shape index (κ3) is 4.29. The lowest BCUT2D eigenvalue weighted by Gasteiger charge is -2.15. The lowest BCUT2D eigenvalue weighted by atomic mass is 10.2. The van der Waals surface area contributed by atoms with Crippen molar-refractivity contribution < 1.29 is 9.53 Å². The molecular weight excluding hydrogens is 374 g/mol. The Morgan fingerprint density at radius 3 is 2.42 bits per heavy atom. The molecule has 0 spiro atoms. The van der Waals surface area contributed by atoms with Crippen molar-refractivity contribution in [1.29, 1.82) is 0 Å². The van der Waals surface area contributed by atoms with Gasteiger partial charge in [-0.2, -0.15) is 0 Å². The maximum absolute atomic E-state index is 10.7. The Labute approximate surface area is 130 Å². The van der Waals surface area contributed by atoms with Crippen molar-refractivity contribution in [3.63, 3.8) is 0 Å². The number of likely N-dealkylation sites (tertiary alicyclic amines) is 1. The molecule has 1 saturated heterocycles. The number of halogens is 2. The van der Waals surface area contributed by atoms with Crippen LogP contribution in [0.3, 0.4) is 0 Å². The van der Waals surface area contributed by atoms with Crippen LogP contribution >= 0.6 is 31.9 Å². The molecular formula is C14H17Br2NO2. The van der Waals surface area contributed by atoms with Crippen molar-refractivity contribution in [3.05, 3.63) is 26.6 Å². The number of ether oxygens (including phenoxy) is 1. The molecule has 1 aliphatic heterocycles. The number of nitrogens with zero attached hydrogens (tertiary/aromatic N) is 1. The van der Waals surface area contributed by atoms with E-state index in [2.05, 4.69) is 36.8 Å². The fourth-order valence-electron chi connectivity index (χ4n) is 2.25. The van der Waals surface area contributed by atoms with Crippen molar-refractivity contribution in [2.75, 3.05) is 26.2 Å². The molecule has 5 heteroatoms. The van der Waals surface area contributed by atoms with Gasteiger partial charge in [0.1, 0.15) is 12.0 Å². The van der Waals surface area contributed by atoms with Gasteiger partial charge < -0.3 is 9.64 Å². The van der Waals surface area contributed by atoms with Crippen LogP contribution in [0.1, 0.15) is 29.6 Å². The second-order valence-corrected chi connectivity index (χ2v) is 6.39. The number of hydrogen-bond acceptors (Lipinski definition) is 3. The van der Waals surface area contributed by atoms with Crippen molar-refractivity contribution in [2.24, 2.45) is 0 Å². The van der Waals surface area contributed by atoms with Gasteiger partial charge in [-0.1, -0.05) is 0 Å². The van der Waals surface area contributed by atoms with Gasteiger partial charge >= 0.3 is 0 Å². The number of carbonyl (C=O) groups excluding carboxylic acids is 1. The first-order chi connectivity index (χ1) is 9.20. The lowest BCUT2D eigenvalue weighted by molar-refractivity contribution is 0.112. The minimum absolute atomic E-state index is 0.628. The summed E-state index contributed by atoms with van der Waals surface area (Å²) < 4.78 is 7.41. The maximum atomic E-state index is 10.7. The first kappa shape index (κ1) is 15.0. The van der Waals surface area contributed by atoms with Gasteiger partial charge in [0, 0.05) is 12.1 Å². The van der Waals surface area contributed by atoms with E-state index in [0.29, 0.717) is 12.2 Å². The summed E-state index contributed by atoms with van der Waals surface area (Å²) in [5.41, 5.74) is 0.628. The average molecular weight is 391 g/mol. The predicted molar refractivity (Wildman–Crippen MR) is 83.0 cm³/mol. The van der Waals surface area contributed by atoms with Gasteiger partial charge in [0.05, 0.1) is 15.6 Å². The Hall–Kier alpha value is -0.390. The monoisotopic (exact) mass is 389 g/mol. The quantitative estimate of drug-likeness (QED) is 0.545. The van der Waals surface area contributed by atoms with E-state index in [0.717, 1.165) is 33.9 Å². The van der Waals surface area contributed by atoms with E-state index in [9.17, 15) is 4.79 Å². The van der Waals surface area contributed by atoms with Crippen LogP contribution in [0.2, 0.25) is 0 Å². The summed E-state index contributed by atoms with van der Waals surface area (Å²) in [5.74, 6) is 0.770. The van der Waals surface area contributed by atoms with Gasteiger partial charge in [-0.15, -0.1) is 0 Å². The summed E-state index contributed by atoms with van der Waals surface area (Å²) in [6.07, 6.45) is 4.50. The lowest BCUT2D eigenvalue weighted by Crippen LogP contribution is -2.22. The molecule has 0 amide bonds. The van der Waals surface area contributed by atoms with E-state index in [1.807, 2.05) is 0 Å². The van der Waals surface area contributed by atoms with Crippen LogP contribution in [-0.4, -0.2) is 37.4 Å². The van der Waals surface area contributed by atoms with E-state index in [1.54, 1.807) is 12.1 Å². The Kier molecular flexibility index (Phi) is 5.85. The van der Waals surface area contributed by atoms with Crippen LogP contribution in [0.4, 0.5) is 0 Å². The Bertz CT molecular complexity index is 422. The number of aldehydes is 1. The van der Waals surface area contributed by atoms with Gasteiger partial charge in [0.2, 0.25) is 0 Å². The molecule has 0 aromatic heterocycles. The summed E-state index contributed by atoms with van der Waals surface area (Å²) in [4.78, 5) is 13.2. The summed E-state index contributed by atoms with van der Waals surface area (Å²) >= 11 is 6.87. The van der Waals surface area contributed by atoms with Crippen LogP contribution in [0.5, 0.6) is 5.75 Å². The van der Waals surface area contributed by atoms with Crippen molar-refractivity contribution in [1.82, 2.24) is 4.90 Å². The zero-order valence-corrected chi connectivity index (χ0v) is 13.9.